The first kappa shape index (κ1) is 11.1. The molecule has 0 radical (unpaired) electrons. The maximum Gasteiger partial charge on any atom is 0.0174 e. The zero-order valence-electron chi connectivity index (χ0n) is 9.36. The van der Waals surface area contributed by atoms with E-state index in [9.17, 15) is 0 Å². The van der Waals surface area contributed by atoms with Gasteiger partial charge in [0.1, 0.15) is 0 Å². The van der Waals surface area contributed by atoms with Crippen LogP contribution in [0.4, 0.5) is 0 Å². The molecule has 1 saturated heterocycles. The standard InChI is InChI=1S/C12H20N2S/c1-2-5-14-8-10(7-11(13)9-14)12-4-3-6-15-12/h3-4,6,10-11H,2,5,7-9,13H2,1H3. The lowest BCUT2D eigenvalue weighted by Gasteiger charge is -2.35. The lowest BCUT2D eigenvalue weighted by atomic mass is 9.93. The maximum absolute atomic E-state index is 6.11. The molecule has 0 saturated carbocycles. The fraction of sp³-hybridized carbons (Fsp3) is 0.667. The average Bonchev–Trinajstić information content (AvgIpc) is 2.70. The van der Waals surface area contributed by atoms with Gasteiger partial charge in [-0.15, -0.1) is 11.3 Å². The first-order valence-electron chi connectivity index (χ1n) is 5.81. The van der Waals surface area contributed by atoms with Crippen molar-refractivity contribution in [2.24, 2.45) is 5.73 Å². The Hall–Kier alpha value is -0.380. The summed E-state index contributed by atoms with van der Waals surface area (Å²) in [5, 5.41) is 2.17. The monoisotopic (exact) mass is 224 g/mol. The van der Waals surface area contributed by atoms with Crippen LogP contribution in [0.5, 0.6) is 0 Å². The van der Waals surface area contributed by atoms with Crippen molar-refractivity contribution < 1.29 is 0 Å². The predicted molar refractivity (Wildman–Crippen MR) is 66.4 cm³/mol. The largest absolute Gasteiger partial charge is 0.327 e. The number of piperidine rings is 1. The van der Waals surface area contributed by atoms with E-state index in [-0.39, 0.29) is 0 Å². The summed E-state index contributed by atoms with van der Waals surface area (Å²) in [4.78, 5) is 4.02. The second kappa shape index (κ2) is 5.10. The van der Waals surface area contributed by atoms with Crippen LogP contribution in [0.2, 0.25) is 0 Å². The maximum atomic E-state index is 6.11. The highest BCUT2D eigenvalue weighted by Crippen LogP contribution is 2.29. The van der Waals surface area contributed by atoms with Crippen LogP contribution in [0.1, 0.15) is 30.6 Å². The summed E-state index contributed by atoms with van der Waals surface area (Å²) in [6.45, 7) is 5.70. The Labute approximate surface area is 96.1 Å². The van der Waals surface area contributed by atoms with Crippen molar-refractivity contribution in [3.8, 4) is 0 Å². The lowest BCUT2D eigenvalue weighted by Crippen LogP contribution is -2.46. The third-order valence-corrected chi connectivity index (χ3v) is 4.08. The van der Waals surface area contributed by atoms with Gasteiger partial charge in [-0.1, -0.05) is 13.0 Å². The van der Waals surface area contributed by atoms with E-state index in [0.717, 1.165) is 13.0 Å². The zero-order valence-corrected chi connectivity index (χ0v) is 10.2. The Morgan fingerprint density at radius 1 is 1.53 bits per heavy atom. The number of thiophene rings is 1. The summed E-state index contributed by atoms with van der Waals surface area (Å²) in [6, 6.07) is 4.75. The van der Waals surface area contributed by atoms with Gasteiger partial charge in [-0.2, -0.15) is 0 Å². The summed E-state index contributed by atoms with van der Waals surface area (Å²) in [5.74, 6) is 0.667. The number of nitrogens with zero attached hydrogens (tertiary/aromatic N) is 1. The number of hydrogen-bond donors (Lipinski definition) is 1. The van der Waals surface area contributed by atoms with Crippen molar-refractivity contribution in [3.63, 3.8) is 0 Å². The van der Waals surface area contributed by atoms with E-state index in [1.165, 1.54) is 24.4 Å². The van der Waals surface area contributed by atoms with Crippen LogP contribution >= 0.6 is 11.3 Å². The molecule has 1 aromatic heterocycles. The number of likely N-dealkylation sites (tertiary alicyclic amines) is 1. The molecule has 3 heteroatoms. The first-order chi connectivity index (χ1) is 7.29. The van der Waals surface area contributed by atoms with Crippen LogP contribution in [0.3, 0.4) is 0 Å². The molecule has 0 bridgehead atoms. The molecule has 1 aliphatic rings. The highest BCUT2D eigenvalue weighted by molar-refractivity contribution is 7.10. The summed E-state index contributed by atoms with van der Waals surface area (Å²) < 4.78 is 0. The van der Waals surface area contributed by atoms with Crippen LogP contribution < -0.4 is 5.73 Å². The zero-order chi connectivity index (χ0) is 10.7. The van der Waals surface area contributed by atoms with Crippen LogP contribution in [-0.4, -0.2) is 30.6 Å². The molecule has 2 N–H and O–H groups in total. The van der Waals surface area contributed by atoms with Crippen molar-refractivity contribution in [1.29, 1.82) is 0 Å². The van der Waals surface area contributed by atoms with E-state index in [4.69, 9.17) is 5.73 Å². The van der Waals surface area contributed by atoms with Gasteiger partial charge in [0.15, 0.2) is 0 Å². The quantitative estimate of drug-likeness (QED) is 0.853. The second-order valence-electron chi connectivity index (χ2n) is 4.47. The molecule has 1 aliphatic heterocycles. The Kier molecular flexibility index (Phi) is 3.78. The highest BCUT2D eigenvalue weighted by atomic mass is 32.1. The van der Waals surface area contributed by atoms with E-state index < -0.39 is 0 Å². The Morgan fingerprint density at radius 2 is 2.40 bits per heavy atom. The number of rotatable bonds is 3. The average molecular weight is 224 g/mol. The summed E-state index contributed by atoms with van der Waals surface area (Å²) >= 11 is 1.87. The summed E-state index contributed by atoms with van der Waals surface area (Å²) in [5.41, 5.74) is 6.11. The van der Waals surface area contributed by atoms with Crippen LogP contribution in [0.25, 0.3) is 0 Å². The Bertz CT molecular complexity index is 284. The molecule has 2 heterocycles. The normalized spacial score (nSPS) is 28.1. The minimum atomic E-state index is 0.359. The van der Waals surface area contributed by atoms with Gasteiger partial charge in [0.25, 0.3) is 0 Å². The van der Waals surface area contributed by atoms with Gasteiger partial charge in [0, 0.05) is 29.9 Å². The van der Waals surface area contributed by atoms with Crippen LogP contribution in [0.15, 0.2) is 17.5 Å². The molecule has 2 unspecified atom stereocenters. The molecule has 1 fully saturated rings. The summed E-state index contributed by atoms with van der Waals surface area (Å²) in [6.07, 6.45) is 2.38. The van der Waals surface area contributed by atoms with Gasteiger partial charge < -0.3 is 10.6 Å². The molecule has 2 rings (SSSR count). The molecule has 84 valence electrons. The summed E-state index contributed by atoms with van der Waals surface area (Å²) in [7, 11) is 0. The molecule has 0 spiro atoms. The van der Waals surface area contributed by atoms with Gasteiger partial charge in [-0.3, -0.25) is 0 Å². The molecule has 1 aromatic rings. The Balaban J connectivity index is 2.00. The molecular weight excluding hydrogens is 204 g/mol. The Morgan fingerprint density at radius 3 is 3.07 bits per heavy atom. The van der Waals surface area contributed by atoms with E-state index in [1.54, 1.807) is 0 Å². The van der Waals surface area contributed by atoms with Crippen molar-refractivity contribution >= 4 is 11.3 Å². The number of nitrogens with two attached hydrogens (primary N) is 1. The minimum Gasteiger partial charge on any atom is -0.327 e. The third kappa shape index (κ3) is 2.80. The van der Waals surface area contributed by atoms with Gasteiger partial charge in [-0.25, -0.2) is 0 Å². The molecule has 0 aliphatic carbocycles. The van der Waals surface area contributed by atoms with E-state index in [0.29, 0.717) is 12.0 Å². The smallest absolute Gasteiger partial charge is 0.0174 e. The van der Waals surface area contributed by atoms with E-state index in [2.05, 4.69) is 29.3 Å². The molecule has 2 atom stereocenters. The van der Waals surface area contributed by atoms with E-state index >= 15 is 0 Å². The second-order valence-corrected chi connectivity index (χ2v) is 5.45. The van der Waals surface area contributed by atoms with Crippen molar-refractivity contribution in [2.45, 2.75) is 31.7 Å². The van der Waals surface area contributed by atoms with Crippen molar-refractivity contribution in [3.05, 3.63) is 22.4 Å². The van der Waals surface area contributed by atoms with Crippen LogP contribution in [0, 0.1) is 0 Å². The predicted octanol–water partition coefficient (Wildman–Crippen LogP) is 2.27. The fourth-order valence-corrected chi connectivity index (χ4v) is 3.30. The fourth-order valence-electron chi connectivity index (χ4n) is 2.46. The van der Waals surface area contributed by atoms with Gasteiger partial charge in [-0.05, 0) is 30.8 Å². The van der Waals surface area contributed by atoms with Crippen molar-refractivity contribution in [1.82, 2.24) is 4.90 Å². The topological polar surface area (TPSA) is 29.3 Å². The van der Waals surface area contributed by atoms with Crippen molar-refractivity contribution in [2.75, 3.05) is 19.6 Å². The molecule has 2 nitrogen and oxygen atoms in total. The van der Waals surface area contributed by atoms with E-state index in [1.807, 2.05) is 11.3 Å². The van der Waals surface area contributed by atoms with Gasteiger partial charge in [0.05, 0.1) is 0 Å². The molecule has 15 heavy (non-hydrogen) atoms. The molecule has 0 amide bonds. The number of hydrogen-bond acceptors (Lipinski definition) is 3. The lowest BCUT2D eigenvalue weighted by molar-refractivity contribution is 0.190. The van der Waals surface area contributed by atoms with Gasteiger partial charge in [0.2, 0.25) is 0 Å². The minimum absolute atomic E-state index is 0.359. The first-order valence-corrected chi connectivity index (χ1v) is 6.69. The van der Waals surface area contributed by atoms with Crippen LogP contribution in [-0.2, 0) is 0 Å². The molecule has 0 aromatic carbocycles. The SMILES string of the molecule is CCCN1CC(N)CC(c2cccs2)C1. The van der Waals surface area contributed by atoms with Gasteiger partial charge >= 0.3 is 0 Å². The third-order valence-electron chi connectivity index (χ3n) is 3.04. The molecular formula is C12H20N2S. The highest BCUT2D eigenvalue weighted by Gasteiger charge is 2.25.